The summed E-state index contributed by atoms with van der Waals surface area (Å²) >= 11 is 1.58. The van der Waals surface area contributed by atoms with Gasteiger partial charge in [0.25, 0.3) is 11.5 Å². The van der Waals surface area contributed by atoms with E-state index in [-0.39, 0.29) is 23.1 Å². The maximum atomic E-state index is 13.3. The molecule has 29 heavy (non-hydrogen) atoms. The molecule has 1 fully saturated rings. The van der Waals surface area contributed by atoms with Gasteiger partial charge in [-0.25, -0.2) is 9.78 Å². The SMILES string of the molecule is CC(C)Cn1c(=O)[nH]c(=O)c2c(C(=O)N(C)Cc3cccs3)cc(C3CC3)nc21. The first kappa shape index (κ1) is 19.6. The molecule has 7 nitrogen and oxygen atoms in total. The topological polar surface area (TPSA) is 88.1 Å². The molecule has 1 amide bonds. The summed E-state index contributed by atoms with van der Waals surface area (Å²) in [6.45, 7) is 4.87. The first-order chi connectivity index (χ1) is 13.8. The van der Waals surface area contributed by atoms with Crippen LogP contribution in [0, 0.1) is 5.92 Å². The number of aromatic nitrogens is 3. The second-order valence-electron chi connectivity index (χ2n) is 8.07. The molecule has 3 aromatic heterocycles. The minimum atomic E-state index is -0.562. The van der Waals surface area contributed by atoms with Gasteiger partial charge in [0.05, 0.1) is 17.5 Å². The van der Waals surface area contributed by atoms with Crippen LogP contribution in [0.1, 0.15) is 53.5 Å². The Morgan fingerprint density at radius 1 is 1.38 bits per heavy atom. The smallest absolute Gasteiger partial charge is 0.330 e. The quantitative estimate of drug-likeness (QED) is 0.674. The van der Waals surface area contributed by atoms with Gasteiger partial charge in [-0.15, -0.1) is 11.3 Å². The third-order valence-electron chi connectivity index (χ3n) is 5.06. The molecular formula is C21H24N4O3S. The van der Waals surface area contributed by atoms with Gasteiger partial charge in [0.15, 0.2) is 5.65 Å². The van der Waals surface area contributed by atoms with Gasteiger partial charge in [0.1, 0.15) is 0 Å². The highest BCUT2D eigenvalue weighted by Gasteiger charge is 2.29. The zero-order chi connectivity index (χ0) is 20.7. The monoisotopic (exact) mass is 412 g/mol. The molecule has 0 unspecified atom stereocenters. The van der Waals surface area contributed by atoms with E-state index in [0.29, 0.717) is 24.3 Å². The number of pyridine rings is 1. The lowest BCUT2D eigenvalue weighted by atomic mass is 10.1. The van der Waals surface area contributed by atoms with Crippen molar-refractivity contribution in [3.8, 4) is 0 Å². The van der Waals surface area contributed by atoms with E-state index in [9.17, 15) is 14.4 Å². The van der Waals surface area contributed by atoms with Crippen molar-refractivity contribution >= 4 is 28.3 Å². The van der Waals surface area contributed by atoms with E-state index in [1.54, 1.807) is 29.4 Å². The Balaban J connectivity index is 1.89. The minimum Gasteiger partial charge on any atom is -0.337 e. The second kappa shape index (κ2) is 7.59. The van der Waals surface area contributed by atoms with Gasteiger partial charge in [0, 0.05) is 30.1 Å². The number of amides is 1. The molecule has 0 aliphatic heterocycles. The van der Waals surface area contributed by atoms with E-state index < -0.39 is 11.2 Å². The fraction of sp³-hybridized carbons (Fsp3) is 0.429. The summed E-state index contributed by atoms with van der Waals surface area (Å²) in [4.78, 5) is 48.2. The molecule has 1 saturated carbocycles. The maximum absolute atomic E-state index is 13.3. The molecule has 3 aromatic rings. The predicted octanol–water partition coefficient (Wildman–Crippen LogP) is 2.95. The number of hydrogen-bond acceptors (Lipinski definition) is 5. The molecule has 0 spiro atoms. The molecule has 0 radical (unpaired) electrons. The normalized spacial score (nSPS) is 13.9. The van der Waals surface area contributed by atoms with Crippen molar-refractivity contribution in [3.05, 3.63) is 60.6 Å². The molecule has 0 saturated heterocycles. The largest absolute Gasteiger partial charge is 0.337 e. The third-order valence-corrected chi connectivity index (χ3v) is 5.92. The van der Waals surface area contributed by atoms with Gasteiger partial charge < -0.3 is 4.90 Å². The molecule has 0 atom stereocenters. The molecule has 1 aliphatic rings. The molecule has 4 rings (SSSR count). The fourth-order valence-electron chi connectivity index (χ4n) is 3.50. The van der Waals surface area contributed by atoms with Crippen molar-refractivity contribution in [1.29, 1.82) is 0 Å². The summed E-state index contributed by atoms with van der Waals surface area (Å²) in [5.41, 5.74) is 0.363. The van der Waals surface area contributed by atoms with Gasteiger partial charge in [0.2, 0.25) is 0 Å². The van der Waals surface area contributed by atoms with Crippen LogP contribution >= 0.6 is 11.3 Å². The highest BCUT2D eigenvalue weighted by Crippen LogP contribution is 2.40. The Labute approximate surface area is 172 Å². The Morgan fingerprint density at radius 3 is 2.76 bits per heavy atom. The lowest BCUT2D eigenvalue weighted by Crippen LogP contribution is -2.34. The number of aromatic amines is 1. The molecule has 1 N–H and O–H groups in total. The number of carbonyl (C=O) groups excluding carboxylic acids is 1. The van der Waals surface area contributed by atoms with Crippen molar-refractivity contribution in [1.82, 2.24) is 19.4 Å². The fourth-order valence-corrected chi connectivity index (χ4v) is 4.26. The number of nitrogens with zero attached hydrogens (tertiary/aromatic N) is 3. The lowest BCUT2D eigenvalue weighted by molar-refractivity contribution is 0.0788. The van der Waals surface area contributed by atoms with Crippen LogP contribution in [0.15, 0.2) is 33.2 Å². The number of fused-ring (bicyclic) bond motifs is 1. The number of nitrogens with one attached hydrogen (secondary N) is 1. The van der Waals surface area contributed by atoms with Crippen molar-refractivity contribution in [3.63, 3.8) is 0 Å². The molecule has 8 heteroatoms. The first-order valence-electron chi connectivity index (χ1n) is 9.80. The second-order valence-corrected chi connectivity index (χ2v) is 9.10. The molecule has 152 valence electrons. The Kier molecular flexibility index (Phi) is 5.12. The van der Waals surface area contributed by atoms with Crippen molar-refractivity contribution in [2.75, 3.05) is 7.05 Å². The Bertz CT molecular complexity index is 1170. The van der Waals surface area contributed by atoms with Crippen LogP contribution in [0.25, 0.3) is 11.0 Å². The average Bonchev–Trinajstić information content (AvgIpc) is 3.40. The van der Waals surface area contributed by atoms with Crippen LogP contribution in [-0.4, -0.2) is 32.4 Å². The van der Waals surface area contributed by atoms with Crippen molar-refractivity contribution < 1.29 is 4.79 Å². The van der Waals surface area contributed by atoms with E-state index in [2.05, 4.69) is 9.97 Å². The molecular weight excluding hydrogens is 388 g/mol. The first-order valence-corrected chi connectivity index (χ1v) is 10.7. The summed E-state index contributed by atoms with van der Waals surface area (Å²) in [5.74, 6) is 0.234. The van der Waals surface area contributed by atoms with Crippen molar-refractivity contribution in [2.45, 2.75) is 45.7 Å². The predicted molar refractivity (Wildman–Crippen MR) is 114 cm³/mol. The third kappa shape index (κ3) is 3.89. The van der Waals surface area contributed by atoms with E-state index in [1.807, 2.05) is 31.4 Å². The van der Waals surface area contributed by atoms with Crippen LogP contribution in [0.2, 0.25) is 0 Å². The minimum absolute atomic E-state index is 0.189. The van der Waals surface area contributed by atoms with Gasteiger partial charge in [-0.2, -0.15) is 0 Å². The van der Waals surface area contributed by atoms with Crippen LogP contribution < -0.4 is 11.2 Å². The standard InChI is InChI=1S/C21H24N4O3S/c1-12(2)10-25-18-17(19(26)23-21(25)28)15(9-16(22-18)13-6-7-13)20(27)24(3)11-14-5-4-8-29-14/h4-5,8-9,12-13H,6-7,10-11H2,1-3H3,(H,23,26,28). The van der Waals surface area contributed by atoms with E-state index in [0.717, 1.165) is 23.4 Å². The van der Waals surface area contributed by atoms with E-state index in [1.165, 1.54) is 4.57 Å². The van der Waals surface area contributed by atoms with Crippen LogP contribution in [-0.2, 0) is 13.1 Å². The summed E-state index contributed by atoms with van der Waals surface area (Å²) in [6, 6.07) is 5.66. The Hall–Kier alpha value is -2.74. The highest BCUT2D eigenvalue weighted by atomic mass is 32.1. The van der Waals surface area contributed by atoms with Crippen molar-refractivity contribution in [2.24, 2.45) is 5.92 Å². The van der Waals surface area contributed by atoms with Gasteiger partial charge in [-0.3, -0.25) is 19.1 Å². The van der Waals surface area contributed by atoms with Crippen LogP contribution in [0.3, 0.4) is 0 Å². The van der Waals surface area contributed by atoms with E-state index in [4.69, 9.17) is 0 Å². The summed E-state index contributed by atoms with van der Waals surface area (Å²) < 4.78 is 1.49. The molecule has 0 aromatic carbocycles. The number of H-pyrrole nitrogens is 1. The maximum Gasteiger partial charge on any atom is 0.330 e. The molecule has 1 aliphatic carbocycles. The summed E-state index contributed by atoms with van der Waals surface area (Å²) in [6.07, 6.45) is 2.02. The number of hydrogen-bond donors (Lipinski definition) is 1. The lowest BCUT2D eigenvalue weighted by Gasteiger charge is -2.19. The highest BCUT2D eigenvalue weighted by molar-refractivity contribution is 7.09. The molecule has 3 heterocycles. The number of rotatable bonds is 6. The van der Waals surface area contributed by atoms with Gasteiger partial charge >= 0.3 is 5.69 Å². The summed E-state index contributed by atoms with van der Waals surface area (Å²) in [5, 5.41) is 2.16. The van der Waals surface area contributed by atoms with Gasteiger partial charge in [-0.05, 0) is 36.3 Å². The van der Waals surface area contributed by atoms with E-state index >= 15 is 0 Å². The number of thiophene rings is 1. The molecule has 0 bridgehead atoms. The zero-order valence-corrected chi connectivity index (χ0v) is 17.6. The zero-order valence-electron chi connectivity index (χ0n) is 16.8. The Morgan fingerprint density at radius 2 is 2.14 bits per heavy atom. The van der Waals surface area contributed by atoms with Crippen LogP contribution in [0.5, 0.6) is 0 Å². The number of carbonyl (C=O) groups is 1. The van der Waals surface area contributed by atoms with Gasteiger partial charge in [-0.1, -0.05) is 19.9 Å². The van der Waals surface area contributed by atoms with Crippen LogP contribution in [0.4, 0.5) is 0 Å². The summed E-state index contributed by atoms with van der Waals surface area (Å²) in [7, 11) is 1.73. The average molecular weight is 413 g/mol.